The molecule has 0 heterocycles. The minimum absolute atomic E-state index is 0.0275. The molecule has 2 aromatic rings. The molecule has 0 bridgehead atoms. The first kappa shape index (κ1) is 19.9. The molecule has 0 radical (unpaired) electrons. The molecule has 0 unspecified atom stereocenters. The van der Waals surface area contributed by atoms with Gasteiger partial charge in [-0.25, -0.2) is 0 Å². The van der Waals surface area contributed by atoms with Crippen LogP contribution in [0.25, 0.3) is 0 Å². The highest BCUT2D eigenvalue weighted by molar-refractivity contribution is 5.86. The van der Waals surface area contributed by atoms with Crippen LogP contribution in [0.3, 0.4) is 0 Å². The van der Waals surface area contributed by atoms with Crippen molar-refractivity contribution in [2.75, 3.05) is 26.7 Å². The van der Waals surface area contributed by atoms with Crippen molar-refractivity contribution >= 4 is 11.9 Å². The van der Waals surface area contributed by atoms with Gasteiger partial charge in [0.05, 0.1) is 6.54 Å². The van der Waals surface area contributed by atoms with Crippen LogP contribution >= 0.6 is 0 Å². The summed E-state index contributed by atoms with van der Waals surface area (Å²) in [6.45, 7) is 1.67. The Hall–Kier alpha value is -2.82. The van der Waals surface area contributed by atoms with Crippen molar-refractivity contribution in [3.8, 4) is 0 Å². The summed E-state index contributed by atoms with van der Waals surface area (Å²) in [4.78, 5) is 16.3. The van der Waals surface area contributed by atoms with Gasteiger partial charge in [0.15, 0.2) is 5.96 Å². The second-order valence-electron chi connectivity index (χ2n) is 7.36. The molecule has 1 aliphatic rings. The lowest BCUT2D eigenvalue weighted by atomic mass is 9.64. The van der Waals surface area contributed by atoms with E-state index in [9.17, 15) is 4.79 Å². The monoisotopic (exact) mass is 378 g/mol. The maximum absolute atomic E-state index is 12.1. The molecule has 0 saturated heterocycles. The Morgan fingerprint density at radius 3 is 2.25 bits per heavy atom. The molecule has 2 aromatic carbocycles. The molecule has 0 aliphatic heterocycles. The molecular weight excluding hydrogens is 348 g/mol. The van der Waals surface area contributed by atoms with E-state index >= 15 is 0 Å². The van der Waals surface area contributed by atoms with Crippen LogP contribution in [0, 0.1) is 0 Å². The van der Waals surface area contributed by atoms with Crippen molar-refractivity contribution in [2.24, 2.45) is 4.99 Å². The largest absolute Gasteiger partial charge is 0.356 e. The number of nitrogens with zero attached hydrogens (tertiary/aromatic N) is 1. The first-order chi connectivity index (χ1) is 13.7. The third kappa shape index (κ3) is 5.35. The predicted molar refractivity (Wildman–Crippen MR) is 114 cm³/mol. The van der Waals surface area contributed by atoms with E-state index in [0.717, 1.165) is 13.0 Å². The average Bonchev–Trinajstić information content (AvgIpc) is 2.71. The van der Waals surface area contributed by atoms with Crippen LogP contribution in [0.15, 0.2) is 65.7 Å². The first-order valence-corrected chi connectivity index (χ1v) is 10.0. The average molecular weight is 379 g/mol. The maximum atomic E-state index is 12.1. The van der Waals surface area contributed by atoms with E-state index in [1.54, 1.807) is 7.05 Å². The fraction of sp³-hybridized carbons (Fsp3) is 0.391. The summed E-state index contributed by atoms with van der Waals surface area (Å²) in [5.41, 5.74) is 2.78. The molecule has 0 spiro atoms. The van der Waals surface area contributed by atoms with E-state index in [1.807, 2.05) is 18.2 Å². The molecular formula is C23H30N4O. The summed E-state index contributed by atoms with van der Waals surface area (Å²) in [5.74, 6) is 0.640. The zero-order valence-corrected chi connectivity index (χ0v) is 16.6. The molecule has 3 N–H and O–H groups in total. The molecule has 1 saturated carbocycles. The Bertz CT molecular complexity index is 770. The number of amides is 1. The Labute approximate surface area is 167 Å². The number of aliphatic imine (C=N–C) groups is 1. The highest BCUT2D eigenvalue weighted by Crippen LogP contribution is 2.43. The maximum Gasteiger partial charge on any atom is 0.239 e. The van der Waals surface area contributed by atoms with Gasteiger partial charge in [0.2, 0.25) is 5.91 Å². The number of rotatable bonds is 8. The van der Waals surface area contributed by atoms with Gasteiger partial charge in [0, 0.05) is 25.6 Å². The standard InChI is InChI=1S/C23H30N4O/c1-24-22(26-17-21(28)25-16-13-19-9-4-2-5-10-19)27-18-23(14-8-15-23)20-11-6-3-7-12-20/h2-7,9-12H,8,13-18H2,1H3,(H,25,28)(H2,24,26,27). The van der Waals surface area contributed by atoms with Gasteiger partial charge in [-0.3, -0.25) is 9.79 Å². The topological polar surface area (TPSA) is 65.5 Å². The normalized spacial score (nSPS) is 15.4. The Balaban J connectivity index is 1.40. The lowest BCUT2D eigenvalue weighted by Gasteiger charge is -2.43. The fourth-order valence-corrected chi connectivity index (χ4v) is 3.65. The van der Waals surface area contributed by atoms with Crippen LogP contribution in [0.5, 0.6) is 0 Å². The van der Waals surface area contributed by atoms with Gasteiger partial charge in [0.1, 0.15) is 0 Å². The lowest BCUT2D eigenvalue weighted by molar-refractivity contribution is -0.119. The van der Waals surface area contributed by atoms with Crippen LogP contribution in [-0.2, 0) is 16.6 Å². The summed E-state index contributed by atoms with van der Waals surface area (Å²) >= 11 is 0. The van der Waals surface area contributed by atoms with E-state index in [-0.39, 0.29) is 17.9 Å². The van der Waals surface area contributed by atoms with Crippen LogP contribution in [0.2, 0.25) is 0 Å². The van der Waals surface area contributed by atoms with E-state index in [2.05, 4.69) is 63.4 Å². The SMILES string of the molecule is CN=C(NCC(=O)NCCc1ccccc1)NCC1(c2ccccc2)CCC1. The summed E-state index contributed by atoms with van der Waals surface area (Å²) in [6, 6.07) is 20.8. The molecule has 0 aromatic heterocycles. The van der Waals surface area contributed by atoms with Crippen LogP contribution in [-0.4, -0.2) is 38.5 Å². The highest BCUT2D eigenvalue weighted by Gasteiger charge is 2.38. The zero-order valence-electron chi connectivity index (χ0n) is 16.6. The zero-order chi connectivity index (χ0) is 19.7. The van der Waals surface area contributed by atoms with Crippen molar-refractivity contribution in [2.45, 2.75) is 31.1 Å². The summed E-state index contributed by atoms with van der Waals surface area (Å²) in [7, 11) is 1.73. The van der Waals surface area contributed by atoms with Crippen LogP contribution in [0.4, 0.5) is 0 Å². The molecule has 5 nitrogen and oxygen atoms in total. The highest BCUT2D eigenvalue weighted by atomic mass is 16.1. The third-order valence-corrected chi connectivity index (χ3v) is 5.51. The lowest BCUT2D eigenvalue weighted by Crippen LogP contribution is -2.50. The van der Waals surface area contributed by atoms with E-state index in [0.29, 0.717) is 12.5 Å². The minimum Gasteiger partial charge on any atom is -0.356 e. The summed E-state index contributed by atoms with van der Waals surface area (Å²) in [5, 5.41) is 9.47. The molecule has 0 atom stereocenters. The van der Waals surface area contributed by atoms with E-state index in [1.165, 1.54) is 30.4 Å². The van der Waals surface area contributed by atoms with Gasteiger partial charge >= 0.3 is 0 Å². The Morgan fingerprint density at radius 2 is 1.64 bits per heavy atom. The molecule has 1 fully saturated rings. The molecule has 5 heteroatoms. The fourth-order valence-electron chi connectivity index (χ4n) is 3.65. The molecule has 1 amide bonds. The van der Waals surface area contributed by atoms with Gasteiger partial charge in [0.25, 0.3) is 0 Å². The minimum atomic E-state index is -0.0275. The first-order valence-electron chi connectivity index (χ1n) is 10.0. The number of carbonyl (C=O) groups is 1. The van der Waals surface area contributed by atoms with Crippen molar-refractivity contribution in [3.05, 3.63) is 71.8 Å². The number of hydrogen-bond donors (Lipinski definition) is 3. The van der Waals surface area contributed by atoms with Gasteiger partial charge in [-0.05, 0) is 30.4 Å². The van der Waals surface area contributed by atoms with Crippen LogP contribution < -0.4 is 16.0 Å². The van der Waals surface area contributed by atoms with Gasteiger partial charge in [-0.15, -0.1) is 0 Å². The quantitative estimate of drug-likeness (QED) is 0.489. The van der Waals surface area contributed by atoms with Gasteiger partial charge in [-0.2, -0.15) is 0 Å². The molecule has 3 rings (SSSR count). The molecule has 1 aliphatic carbocycles. The second kappa shape index (κ2) is 9.93. The Kier molecular flexibility index (Phi) is 7.06. The number of hydrogen-bond acceptors (Lipinski definition) is 2. The van der Waals surface area contributed by atoms with Crippen molar-refractivity contribution in [3.63, 3.8) is 0 Å². The number of guanidine groups is 1. The van der Waals surface area contributed by atoms with Crippen molar-refractivity contribution < 1.29 is 4.79 Å². The number of nitrogens with one attached hydrogen (secondary N) is 3. The van der Waals surface area contributed by atoms with Gasteiger partial charge < -0.3 is 16.0 Å². The van der Waals surface area contributed by atoms with E-state index < -0.39 is 0 Å². The Morgan fingerprint density at radius 1 is 0.964 bits per heavy atom. The molecule has 148 valence electrons. The second-order valence-corrected chi connectivity index (χ2v) is 7.36. The van der Waals surface area contributed by atoms with Gasteiger partial charge in [-0.1, -0.05) is 67.1 Å². The predicted octanol–water partition coefficient (Wildman–Crippen LogP) is 2.63. The number of carbonyl (C=O) groups excluding carboxylic acids is 1. The summed E-state index contributed by atoms with van der Waals surface area (Å²) in [6.07, 6.45) is 4.45. The van der Waals surface area contributed by atoms with Crippen molar-refractivity contribution in [1.29, 1.82) is 0 Å². The number of benzene rings is 2. The smallest absolute Gasteiger partial charge is 0.239 e. The van der Waals surface area contributed by atoms with Crippen molar-refractivity contribution in [1.82, 2.24) is 16.0 Å². The summed E-state index contributed by atoms with van der Waals surface area (Å²) < 4.78 is 0. The molecule has 28 heavy (non-hydrogen) atoms. The van der Waals surface area contributed by atoms with E-state index in [4.69, 9.17) is 0 Å². The third-order valence-electron chi connectivity index (χ3n) is 5.51. The van der Waals surface area contributed by atoms with Crippen LogP contribution in [0.1, 0.15) is 30.4 Å².